The van der Waals surface area contributed by atoms with Gasteiger partial charge >= 0.3 is 6.18 Å². The lowest BCUT2D eigenvalue weighted by Crippen LogP contribution is -2.12. The first-order valence-corrected chi connectivity index (χ1v) is 6.33. The highest BCUT2D eigenvalue weighted by Gasteiger charge is 2.30. The van der Waals surface area contributed by atoms with Crippen molar-refractivity contribution < 1.29 is 22.7 Å². The van der Waals surface area contributed by atoms with Gasteiger partial charge in [0.2, 0.25) is 0 Å². The lowest BCUT2D eigenvalue weighted by atomic mass is 10.1. The van der Waals surface area contributed by atoms with Crippen LogP contribution in [0.2, 0.25) is 5.02 Å². The van der Waals surface area contributed by atoms with Gasteiger partial charge < -0.3 is 4.74 Å². The third kappa shape index (κ3) is 4.23. The number of ether oxygens (including phenoxy) is 1. The summed E-state index contributed by atoms with van der Waals surface area (Å²) in [6.45, 7) is -0.272. The number of rotatable bonds is 4. The van der Waals surface area contributed by atoms with E-state index in [0.717, 1.165) is 24.3 Å². The van der Waals surface area contributed by atoms with E-state index in [1.807, 2.05) is 0 Å². The van der Waals surface area contributed by atoms with E-state index >= 15 is 0 Å². The molecule has 0 radical (unpaired) electrons. The Morgan fingerprint density at radius 2 is 1.76 bits per heavy atom. The summed E-state index contributed by atoms with van der Waals surface area (Å²) in [5.74, 6) is 0.00598. The molecule has 0 aliphatic rings. The number of ketones is 1. The standard InChI is InChI=1S/C15H10ClF3O2/c16-12-2-1-3-13(8-12)21-9-14(20)10-4-6-11(7-5-10)15(17,18)19/h1-8H,9H2. The van der Waals surface area contributed by atoms with E-state index in [2.05, 4.69) is 0 Å². The Bertz CT molecular complexity index is 636. The van der Waals surface area contributed by atoms with Crippen LogP contribution < -0.4 is 4.74 Å². The van der Waals surface area contributed by atoms with Crippen LogP contribution in [0.5, 0.6) is 5.75 Å². The average molecular weight is 315 g/mol. The van der Waals surface area contributed by atoms with E-state index in [9.17, 15) is 18.0 Å². The van der Waals surface area contributed by atoms with Gasteiger partial charge in [-0.2, -0.15) is 13.2 Å². The Morgan fingerprint density at radius 1 is 1.10 bits per heavy atom. The first-order valence-electron chi connectivity index (χ1n) is 5.95. The number of hydrogen-bond donors (Lipinski definition) is 0. The van der Waals surface area contributed by atoms with Crippen LogP contribution in [0.4, 0.5) is 13.2 Å². The van der Waals surface area contributed by atoms with Crippen molar-refractivity contribution in [1.29, 1.82) is 0 Å². The fourth-order valence-electron chi connectivity index (χ4n) is 1.63. The Morgan fingerprint density at radius 3 is 2.33 bits per heavy atom. The normalized spacial score (nSPS) is 11.2. The van der Waals surface area contributed by atoms with Crippen LogP contribution in [0.15, 0.2) is 48.5 Å². The van der Waals surface area contributed by atoms with Gasteiger partial charge in [-0.3, -0.25) is 4.79 Å². The van der Waals surface area contributed by atoms with E-state index in [1.165, 1.54) is 0 Å². The summed E-state index contributed by atoms with van der Waals surface area (Å²) in [6.07, 6.45) is -4.42. The van der Waals surface area contributed by atoms with Crippen molar-refractivity contribution in [3.63, 3.8) is 0 Å². The summed E-state index contributed by atoms with van der Waals surface area (Å²) in [5.41, 5.74) is -0.639. The Hall–Kier alpha value is -2.01. The van der Waals surface area contributed by atoms with Gasteiger partial charge in [-0.1, -0.05) is 29.8 Å². The highest BCUT2D eigenvalue weighted by Crippen LogP contribution is 2.29. The predicted molar refractivity (Wildman–Crippen MR) is 72.7 cm³/mol. The van der Waals surface area contributed by atoms with E-state index in [1.54, 1.807) is 24.3 Å². The van der Waals surface area contributed by atoms with Crippen LogP contribution in [0, 0.1) is 0 Å². The summed E-state index contributed by atoms with van der Waals surface area (Å²) < 4.78 is 42.5. The number of alkyl halides is 3. The quantitative estimate of drug-likeness (QED) is 0.770. The molecule has 2 nitrogen and oxygen atoms in total. The summed E-state index contributed by atoms with van der Waals surface area (Å²) in [6, 6.07) is 10.5. The van der Waals surface area contributed by atoms with E-state index in [4.69, 9.17) is 16.3 Å². The van der Waals surface area contributed by atoms with Gasteiger partial charge in [0.15, 0.2) is 12.4 Å². The fraction of sp³-hybridized carbons (Fsp3) is 0.133. The summed E-state index contributed by atoms with van der Waals surface area (Å²) >= 11 is 5.77. The molecule has 0 aromatic heterocycles. The molecule has 6 heteroatoms. The minimum absolute atomic E-state index is 0.157. The lowest BCUT2D eigenvalue weighted by molar-refractivity contribution is -0.137. The minimum Gasteiger partial charge on any atom is -0.485 e. The maximum absolute atomic E-state index is 12.4. The van der Waals surface area contributed by atoms with Crippen molar-refractivity contribution in [2.45, 2.75) is 6.18 Å². The minimum atomic E-state index is -4.42. The van der Waals surface area contributed by atoms with Crippen molar-refractivity contribution in [2.24, 2.45) is 0 Å². The Labute approximate surface area is 124 Å². The average Bonchev–Trinajstić information content (AvgIpc) is 2.44. The van der Waals surface area contributed by atoms with Gasteiger partial charge in [0.1, 0.15) is 5.75 Å². The third-order valence-electron chi connectivity index (χ3n) is 2.70. The molecule has 2 aromatic rings. The number of Topliss-reactive ketones (excluding diaryl/α,β-unsaturated/α-hetero) is 1. The lowest BCUT2D eigenvalue weighted by Gasteiger charge is -2.08. The second kappa shape index (κ2) is 6.18. The topological polar surface area (TPSA) is 26.3 Å². The monoisotopic (exact) mass is 314 g/mol. The van der Waals surface area contributed by atoms with Gasteiger partial charge in [0.25, 0.3) is 0 Å². The van der Waals surface area contributed by atoms with Gasteiger partial charge in [0, 0.05) is 10.6 Å². The molecule has 2 rings (SSSR count). The molecule has 0 saturated heterocycles. The summed E-state index contributed by atoms with van der Waals surface area (Å²) in [7, 11) is 0. The van der Waals surface area contributed by atoms with Crippen LogP contribution in [0.1, 0.15) is 15.9 Å². The van der Waals surface area contributed by atoms with E-state index in [-0.39, 0.29) is 12.2 Å². The van der Waals surface area contributed by atoms with Crippen LogP contribution in [0.25, 0.3) is 0 Å². The molecule has 0 atom stereocenters. The van der Waals surface area contributed by atoms with Crippen LogP contribution in [-0.2, 0) is 6.18 Å². The molecule has 110 valence electrons. The molecule has 0 saturated carbocycles. The molecular formula is C15H10ClF3O2. The van der Waals surface area contributed by atoms with Crippen molar-refractivity contribution >= 4 is 17.4 Å². The van der Waals surface area contributed by atoms with E-state index in [0.29, 0.717) is 10.8 Å². The molecule has 0 bridgehead atoms. The fourth-order valence-corrected chi connectivity index (χ4v) is 1.81. The number of carbonyl (C=O) groups is 1. The third-order valence-corrected chi connectivity index (χ3v) is 2.94. The molecule has 0 N–H and O–H groups in total. The maximum Gasteiger partial charge on any atom is 0.416 e. The first-order chi connectivity index (χ1) is 9.86. The van der Waals surface area contributed by atoms with Gasteiger partial charge in [0.05, 0.1) is 5.56 Å². The van der Waals surface area contributed by atoms with Gasteiger partial charge in [-0.15, -0.1) is 0 Å². The molecule has 0 heterocycles. The zero-order chi connectivity index (χ0) is 15.5. The summed E-state index contributed by atoms with van der Waals surface area (Å²) in [4.78, 5) is 11.8. The molecular weight excluding hydrogens is 305 g/mol. The largest absolute Gasteiger partial charge is 0.485 e. The molecule has 2 aromatic carbocycles. The zero-order valence-electron chi connectivity index (χ0n) is 10.7. The van der Waals surface area contributed by atoms with Gasteiger partial charge in [-0.05, 0) is 30.3 Å². The zero-order valence-corrected chi connectivity index (χ0v) is 11.4. The van der Waals surface area contributed by atoms with Crippen molar-refractivity contribution in [2.75, 3.05) is 6.61 Å². The Balaban J connectivity index is 2.00. The number of hydrogen-bond acceptors (Lipinski definition) is 2. The first kappa shape index (κ1) is 15.4. The predicted octanol–water partition coefficient (Wildman–Crippen LogP) is 4.62. The van der Waals surface area contributed by atoms with Crippen molar-refractivity contribution in [3.8, 4) is 5.75 Å². The van der Waals surface area contributed by atoms with Gasteiger partial charge in [-0.25, -0.2) is 0 Å². The summed E-state index contributed by atoms with van der Waals surface area (Å²) in [5, 5.41) is 0.467. The highest BCUT2D eigenvalue weighted by molar-refractivity contribution is 6.30. The molecule has 0 fully saturated rings. The van der Waals surface area contributed by atoms with Crippen LogP contribution in [-0.4, -0.2) is 12.4 Å². The van der Waals surface area contributed by atoms with E-state index < -0.39 is 17.5 Å². The highest BCUT2D eigenvalue weighted by atomic mass is 35.5. The van der Waals surface area contributed by atoms with Crippen LogP contribution >= 0.6 is 11.6 Å². The molecule has 0 aliphatic heterocycles. The molecule has 0 amide bonds. The smallest absolute Gasteiger partial charge is 0.416 e. The molecule has 0 aliphatic carbocycles. The maximum atomic E-state index is 12.4. The number of halogens is 4. The number of benzene rings is 2. The van der Waals surface area contributed by atoms with Crippen molar-refractivity contribution in [3.05, 3.63) is 64.7 Å². The SMILES string of the molecule is O=C(COc1cccc(Cl)c1)c1ccc(C(F)(F)F)cc1. The Kier molecular flexibility index (Phi) is 4.53. The molecule has 0 unspecified atom stereocenters. The van der Waals surface area contributed by atoms with Crippen molar-refractivity contribution in [1.82, 2.24) is 0 Å². The second-order valence-corrected chi connectivity index (χ2v) is 4.68. The molecule has 0 spiro atoms. The second-order valence-electron chi connectivity index (χ2n) is 4.24. The van der Waals surface area contributed by atoms with Crippen LogP contribution in [0.3, 0.4) is 0 Å². The number of carbonyl (C=O) groups excluding carboxylic acids is 1. The molecule has 21 heavy (non-hydrogen) atoms.